The van der Waals surface area contributed by atoms with Crippen molar-refractivity contribution < 1.29 is 37.8 Å². The number of imide groups is 1. The molecular weight excluding hydrogens is 512 g/mol. The number of amides is 3. The van der Waals surface area contributed by atoms with Gasteiger partial charge >= 0.3 is 5.97 Å². The van der Waals surface area contributed by atoms with Crippen LogP contribution in [0.3, 0.4) is 0 Å². The molecule has 1 aliphatic rings. The van der Waals surface area contributed by atoms with Gasteiger partial charge in [0.2, 0.25) is 5.76 Å². The van der Waals surface area contributed by atoms with Crippen molar-refractivity contribution in [2.24, 2.45) is 0 Å². The number of anilines is 1. The van der Waals surface area contributed by atoms with Gasteiger partial charge in [-0.25, -0.2) is 4.79 Å². The van der Waals surface area contributed by atoms with Crippen LogP contribution in [0.25, 0.3) is 6.08 Å². The third kappa shape index (κ3) is 6.06. The number of methoxy groups -OCH3 is 2. The summed E-state index contributed by atoms with van der Waals surface area (Å²) >= 11 is 0.753. The van der Waals surface area contributed by atoms with E-state index in [0.717, 1.165) is 22.2 Å². The van der Waals surface area contributed by atoms with Gasteiger partial charge in [0.25, 0.3) is 17.1 Å². The number of aryl methyl sites for hydroxylation is 1. The zero-order valence-corrected chi connectivity index (χ0v) is 21.6. The predicted molar refractivity (Wildman–Crippen MR) is 140 cm³/mol. The first-order valence-corrected chi connectivity index (χ1v) is 12.2. The molecule has 0 spiro atoms. The third-order valence-electron chi connectivity index (χ3n) is 5.43. The Kier molecular flexibility index (Phi) is 8.17. The van der Waals surface area contributed by atoms with Gasteiger partial charge < -0.3 is 23.9 Å². The number of carbonyl (C=O) groups is 4. The van der Waals surface area contributed by atoms with E-state index >= 15 is 0 Å². The number of nitrogens with zero attached hydrogens (tertiary/aromatic N) is 1. The van der Waals surface area contributed by atoms with Crippen LogP contribution in [-0.2, 0) is 20.9 Å². The molecule has 3 amide bonds. The fraction of sp³-hybridized carbons (Fsp3) is 0.185. The van der Waals surface area contributed by atoms with Crippen LogP contribution < -0.4 is 14.8 Å². The maximum atomic E-state index is 13.0. The van der Waals surface area contributed by atoms with Gasteiger partial charge in [0.15, 0.2) is 18.1 Å². The standard InChI is InChI=1S/C27H24N2O8S/c1-16-7-9-18(10-8-16)28-23(30)15-36-24-17(5-4-6-20(24)34-2)13-22-25(31)29(27(33)38-22)14-19-11-12-21(37-19)26(32)35-3/h4-13H,14-15H2,1-3H3,(H,28,30)/b22-13+. The normalized spacial score (nSPS) is 14.1. The second-order valence-electron chi connectivity index (χ2n) is 8.11. The lowest BCUT2D eigenvalue weighted by Gasteiger charge is -2.14. The van der Waals surface area contributed by atoms with E-state index in [-0.39, 0.29) is 41.2 Å². The number of nitrogens with one attached hydrogen (secondary N) is 1. The van der Waals surface area contributed by atoms with E-state index in [1.165, 1.54) is 32.4 Å². The van der Waals surface area contributed by atoms with Crippen molar-refractivity contribution in [3.05, 3.63) is 82.1 Å². The minimum atomic E-state index is -0.664. The van der Waals surface area contributed by atoms with Gasteiger partial charge in [-0.15, -0.1) is 0 Å². The molecule has 1 aliphatic heterocycles. The number of ether oxygens (including phenoxy) is 3. The van der Waals surface area contributed by atoms with Crippen LogP contribution in [0.5, 0.6) is 11.5 Å². The van der Waals surface area contributed by atoms with Crippen LogP contribution in [0.4, 0.5) is 10.5 Å². The summed E-state index contributed by atoms with van der Waals surface area (Å²) in [7, 11) is 2.68. The van der Waals surface area contributed by atoms with Crippen molar-refractivity contribution in [3.63, 3.8) is 0 Å². The Morgan fingerprint density at radius 3 is 2.53 bits per heavy atom. The Morgan fingerprint density at radius 2 is 1.82 bits per heavy atom. The van der Waals surface area contributed by atoms with E-state index in [1.807, 2.05) is 19.1 Å². The number of carbonyl (C=O) groups excluding carboxylic acids is 4. The van der Waals surface area contributed by atoms with Crippen molar-refractivity contribution in [2.75, 3.05) is 26.1 Å². The maximum Gasteiger partial charge on any atom is 0.373 e. The van der Waals surface area contributed by atoms with Crippen LogP contribution >= 0.6 is 11.8 Å². The molecular formula is C27H24N2O8S. The highest BCUT2D eigenvalue weighted by Gasteiger charge is 2.36. The molecule has 1 saturated heterocycles. The second-order valence-corrected chi connectivity index (χ2v) is 9.10. The minimum Gasteiger partial charge on any atom is -0.493 e. The summed E-state index contributed by atoms with van der Waals surface area (Å²) in [5.74, 6) is -0.767. The molecule has 0 radical (unpaired) electrons. The smallest absolute Gasteiger partial charge is 0.373 e. The summed E-state index contributed by atoms with van der Waals surface area (Å²) in [6.07, 6.45) is 1.50. The first kappa shape index (κ1) is 26.6. The summed E-state index contributed by atoms with van der Waals surface area (Å²) in [6, 6.07) is 15.3. The highest BCUT2D eigenvalue weighted by atomic mass is 32.2. The minimum absolute atomic E-state index is 0.0328. The molecule has 0 aliphatic carbocycles. The molecule has 2 aromatic carbocycles. The molecule has 0 bridgehead atoms. The van der Waals surface area contributed by atoms with Gasteiger partial charge in [0.1, 0.15) is 5.76 Å². The fourth-order valence-electron chi connectivity index (χ4n) is 3.54. The van der Waals surface area contributed by atoms with Crippen molar-refractivity contribution >= 4 is 46.5 Å². The number of benzene rings is 2. The van der Waals surface area contributed by atoms with Crippen molar-refractivity contribution in [2.45, 2.75) is 13.5 Å². The predicted octanol–water partition coefficient (Wildman–Crippen LogP) is 4.64. The summed E-state index contributed by atoms with van der Waals surface area (Å²) < 4.78 is 21.2. The van der Waals surface area contributed by atoms with Gasteiger partial charge in [-0.1, -0.05) is 29.8 Å². The summed E-state index contributed by atoms with van der Waals surface area (Å²) in [4.78, 5) is 50.8. The van der Waals surface area contributed by atoms with E-state index in [1.54, 1.807) is 30.3 Å². The van der Waals surface area contributed by atoms with Gasteiger partial charge in [-0.2, -0.15) is 0 Å². The van der Waals surface area contributed by atoms with Crippen LogP contribution in [0.15, 0.2) is 63.9 Å². The fourth-order valence-corrected chi connectivity index (χ4v) is 4.37. The van der Waals surface area contributed by atoms with E-state index in [2.05, 4.69) is 10.1 Å². The molecule has 1 N–H and O–H groups in total. The van der Waals surface area contributed by atoms with Crippen molar-refractivity contribution in [3.8, 4) is 11.5 Å². The lowest BCUT2D eigenvalue weighted by atomic mass is 10.1. The number of rotatable bonds is 9. The summed E-state index contributed by atoms with van der Waals surface area (Å²) in [5, 5.41) is 2.26. The number of hydrogen-bond acceptors (Lipinski definition) is 9. The van der Waals surface area contributed by atoms with E-state index in [9.17, 15) is 19.2 Å². The lowest BCUT2D eigenvalue weighted by Crippen LogP contribution is -2.27. The van der Waals surface area contributed by atoms with E-state index < -0.39 is 17.1 Å². The third-order valence-corrected chi connectivity index (χ3v) is 6.34. The largest absolute Gasteiger partial charge is 0.493 e. The molecule has 11 heteroatoms. The molecule has 0 saturated carbocycles. The highest BCUT2D eigenvalue weighted by molar-refractivity contribution is 8.18. The zero-order chi connectivity index (χ0) is 27.2. The highest BCUT2D eigenvalue weighted by Crippen LogP contribution is 2.38. The Hall–Kier alpha value is -4.51. The average Bonchev–Trinajstić information content (AvgIpc) is 3.49. The van der Waals surface area contributed by atoms with Crippen LogP contribution in [-0.4, -0.2) is 48.7 Å². The van der Waals surface area contributed by atoms with Gasteiger partial charge in [-0.3, -0.25) is 19.3 Å². The molecule has 0 unspecified atom stereocenters. The van der Waals surface area contributed by atoms with Gasteiger partial charge in [-0.05, 0) is 55.1 Å². The zero-order valence-electron chi connectivity index (χ0n) is 20.8. The molecule has 10 nitrogen and oxygen atoms in total. The lowest BCUT2D eigenvalue weighted by molar-refractivity contribution is -0.123. The number of furan rings is 1. The summed E-state index contributed by atoms with van der Waals surface area (Å²) in [6.45, 7) is 1.49. The molecule has 38 heavy (non-hydrogen) atoms. The first-order valence-electron chi connectivity index (χ1n) is 11.4. The van der Waals surface area contributed by atoms with Crippen molar-refractivity contribution in [1.29, 1.82) is 0 Å². The second kappa shape index (κ2) is 11.7. The molecule has 1 aromatic heterocycles. The number of para-hydroxylation sites is 1. The monoisotopic (exact) mass is 536 g/mol. The number of thioether (sulfide) groups is 1. The van der Waals surface area contributed by atoms with E-state index in [0.29, 0.717) is 17.0 Å². The summed E-state index contributed by atoms with van der Waals surface area (Å²) in [5.41, 5.74) is 2.15. The molecule has 2 heterocycles. The molecule has 196 valence electrons. The quantitative estimate of drug-likeness (QED) is 0.308. The van der Waals surface area contributed by atoms with Crippen LogP contribution in [0.1, 0.15) is 27.4 Å². The number of esters is 1. The number of hydrogen-bond donors (Lipinski definition) is 1. The van der Waals surface area contributed by atoms with E-state index in [4.69, 9.17) is 13.9 Å². The molecule has 4 rings (SSSR count). The van der Waals surface area contributed by atoms with Gasteiger partial charge in [0.05, 0.1) is 25.7 Å². The average molecular weight is 537 g/mol. The molecule has 1 fully saturated rings. The molecule has 0 atom stereocenters. The SMILES string of the molecule is COC(=O)c1ccc(CN2C(=O)S/C(=C/c3cccc(OC)c3OCC(=O)Nc3ccc(C)cc3)C2=O)o1. The van der Waals surface area contributed by atoms with Crippen LogP contribution in [0, 0.1) is 6.92 Å². The topological polar surface area (TPSA) is 124 Å². The molecule has 3 aromatic rings. The Balaban J connectivity index is 1.49. The maximum absolute atomic E-state index is 13.0. The van der Waals surface area contributed by atoms with Gasteiger partial charge in [0, 0.05) is 11.3 Å². The Labute approximate surface area is 222 Å². The Morgan fingerprint density at radius 1 is 1.05 bits per heavy atom. The van der Waals surface area contributed by atoms with Crippen LogP contribution in [0.2, 0.25) is 0 Å². The van der Waals surface area contributed by atoms with Crippen molar-refractivity contribution in [1.82, 2.24) is 4.90 Å². The first-order chi connectivity index (χ1) is 18.3. The Bertz CT molecular complexity index is 1410.